The number of pyridine rings is 1. The van der Waals surface area contributed by atoms with Crippen LogP contribution < -0.4 is 0 Å². The predicted molar refractivity (Wildman–Crippen MR) is 97.2 cm³/mol. The number of carbonyl (C=O) groups excluding carboxylic acids is 1. The lowest BCUT2D eigenvalue weighted by molar-refractivity contribution is 0.0625. The minimum atomic E-state index is -2.34. The predicted octanol–water partition coefficient (Wildman–Crippen LogP) is 5.10. The van der Waals surface area contributed by atoms with Crippen molar-refractivity contribution in [1.82, 2.24) is 4.98 Å². The molecule has 0 bridgehead atoms. The standard InChI is InChI=1S/C22H18FNO/c1-2-19(17-11-5-3-6-12-17)22(23,20-15-9-10-16-24-20)21(25)18-13-7-4-8-14-18/h2-16,19H,1H2/t19-,22-/m0/s1. The fourth-order valence-electron chi connectivity index (χ4n) is 2.98. The molecule has 0 aliphatic rings. The van der Waals surface area contributed by atoms with Crippen molar-refractivity contribution in [1.29, 1.82) is 0 Å². The van der Waals surface area contributed by atoms with Gasteiger partial charge in [-0.2, -0.15) is 0 Å². The van der Waals surface area contributed by atoms with Crippen LogP contribution in [0.15, 0.2) is 97.7 Å². The van der Waals surface area contributed by atoms with E-state index in [1.807, 2.05) is 18.2 Å². The Balaban J connectivity index is 2.19. The third-order valence-corrected chi connectivity index (χ3v) is 4.23. The van der Waals surface area contributed by atoms with E-state index in [-0.39, 0.29) is 5.69 Å². The van der Waals surface area contributed by atoms with E-state index in [9.17, 15) is 4.79 Å². The number of benzene rings is 2. The number of Topliss-reactive ketones (excluding diaryl/α,β-unsaturated/α-hetero) is 1. The zero-order valence-electron chi connectivity index (χ0n) is 13.7. The first-order valence-corrected chi connectivity index (χ1v) is 8.05. The van der Waals surface area contributed by atoms with Gasteiger partial charge in [0.15, 0.2) is 0 Å². The van der Waals surface area contributed by atoms with Gasteiger partial charge >= 0.3 is 0 Å². The molecule has 0 unspecified atom stereocenters. The molecule has 0 aliphatic heterocycles. The molecular weight excluding hydrogens is 313 g/mol. The van der Waals surface area contributed by atoms with Crippen LogP contribution in [0.1, 0.15) is 27.5 Å². The molecular formula is C22H18FNO. The van der Waals surface area contributed by atoms with Crippen LogP contribution in [-0.4, -0.2) is 10.8 Å². The summed E-state index contributed by atoms with van der Waals surface area (Å²) in [5.74, 6) is -1.48. The molecule has 0 fully saturated rings. The molecule has 124 valence electrons. The van der Waals surface area contributed by atoms with E-state index < -0.39 is 17.4 Å². The van der Waals surface area contributed by atoms with Crippen LogP contribution in [-0.2, 0) is 5.67 Å². The SMILES string of the molecule is C=C[C@@H](c1ccccc1)[C@@](F)(C(=O)c1ccccc1)c1ccccn1. The van der Waals surface area contributed by atoms with Crippen molar-refractivity contribution < 1.29 is 9.18 Å². The van der Waals surface area contributed by atoms with Crippen molar-refractivity contribution in [2.75, 3.05) is 0 Å². The van der Waals surface area contributed by atoms with Gasteiger partial charge in [-0.1, -0.05) is 72.8 Å². The van der Waals surface area contributed by atoms with E-state index in [4.69, 9.17) is 0 Å². The first-order valence-electron chi connectivity index (χ1n) is 8.05. The van der Waals surface area contributed by atoms with Crippen LogP contribution in [0.4, 0.5) is 4.39 Å². The van der Waals surface area contributed by atoms with Crippen molar-refractivity contribution in [2.45, 2.75) is 11.6 Å². The molecule has 2 nitrogen and oxygen atoms in total. The van der Waals surface area contributed by atoms with E-state index in [1.54, 1.807) is 60.7 Å². The van der Waals surface area contributed by atoms with Gasteiger partial charge in [-0.15, -0.1) is 6.58 Å². The second-order valence-corrected chi connectivity index (χ2v) is 5.75. The van der Waals surface area contributed by atoms with Gasteiger partial charge in [-0.25, -0.2) is 4.39 Å². The maximum atomic E-state index is 16.5. The second-order valence-electron chi connectivity index (χ2n) is 5.75. The molecule has 1 aromatic heterocycles. The number of alkyl halides is 1. The zero-order chi connectivity index (χ0) is 17.7. The quantitative estimate of drug-likeness (QED) is 0.465. The summed E-state index contributed by atoms with van der Waals surface area (Å²) in [6.07, 6.45) is 2.97. The second kappa shape index (κ2) is 7.22. The van der Waals surface area contributed by atoms with E-state index in [0.29, 0.717) is 11.1 Å². The van der Waals surface area contributed by atoms with Crippen molar-refractivity contribution in [2.24, 2.45) is 0 Å². The van der Waals surface area contributed by atoms with Gasteiger partial charge in [0, 0.05) is 17.7 Å². The molecule has 2 atom stereocenters. The van der Waals surface area contributed by atoms with Crippen LogP contribution >= 0.6 is 0 Å². The largest absolute Gasteiger partial charge is 0.290 e. The molecule has 3 aromatic rings. The number of allylic oxidation sites excluding steroid dienone is 1. The molecule has 1 heterocycles. The number of hydrogen-bond donors (Lipinski definition) is 0. The fourth-order valence-corrected chi connectivity index (χ4v) is 2.98. The monoisotopic (exact) mass is 331 g/mol. The third-order valence-electron chi connectivity index (χ3n) is 4.23. The Bertz CT molecular complexity index is 849. The summed E-state index contributed by atoms with van der Waals surface area (Å²) < 4.78 is 16.5. The Hall–Kier alpha value is -3.07. The topological polar surface area (TPSA) is 30.0 Å². The molecule has 3 heteroatoms. The molecule has 0 amide bonds. The van der Waals surface area contributed by atoms with Crippen LogP contribution in [0.2, 0.25) is 0 Å². The highest BCUT2D eigenvalue weighted by molar-refractivity contribution is 6.03. The molecule has 0 N–H and O–H groups in total. The van der Waals surface area contributed by atoms with Crippen LogP contribution in [0, 0.1) is 0 Å². The highest BCUT2D eigenvalue weighted by atomic mass is 19.1. The van der Waals surface area contributed by atoms with Crippen LogP contribution in [0.25, 0.3) is 0 Å². The molecule has 2 aromatic carbocycles. The summed E-state index contributed by atoms with van der Waals surface area (Å²) >= 11 is 0. The molecule has 0 spiro atoms. The molecule has 0 radical (unpaired) electrons. The minimum absolute atomic E-state index is 0.0811. The van der Waals surface area contributed by atoms with Gasteiger partial charge in [0.1, 0.15) is 0 Å². The summed E-state index contributed by atoms with van der Waals surface area (Å²) in [7, 11) is 0. The van der Waals surface area contributed by atoms with E-state index in [2.05, 4.69) is 11.6 Å². The Kier molecular flexibility index (Phi) is 4.85. The van der Waals surface area contributed by atoms with E-state index in [0.717, 1.165) is 0 Å². The maximum absolute atomic E-state index is 16.5. The number of nitrogens with zero attached hydrogens (tertiary/aromatic N) is 1. The summed E-state index contributed by atoms with van der Waals surface area (Å²) in [5.41, 5.74) is -1.28. The average molecular weight is 331 g/mol. The maximum Gasteiger partial charge on any atom is 0.225 e. The lowest BCUT2D eigenvalue weighted by Crippen LogP contribution is -2.38. The first kappa shape index (κ1) is 16.8. The van der Waals surface area contributed by atoms with Gasteiger partial charge in [0.05, 0.1) is 5.69 Å². The lowest BCUT2D eigenvalue weighted by Gasteiger charge is -2.30. The lowest BCUT2D eigenvalue weighted by atomic mass is 9.76. The number of halogens is 1. The van der Waals surface area contributed by atoms with Crippen LogP contribution in [0.3, 0.4) is 0 Å². The number of aromatic nitrogens is 1. The zero-order valence-corrected chi connectivity index (χ0v) is 13.7. The fraction of sp³-hybridized carbons (Fsp3) is 0.0909. The highest BCUT2D eigenvalue weighted by Gasteiger charge is 2.48. The van der Waals surface area contributed by atoms with Gasteiger partial charge in [0.2, 0.25) is 11.5 Å². The molecule has 0 aliphatic carbocycles. The van der Waals surface area contributed by atoms with E-state index in [1.165, 1.54) is 12.3 Å². The van der Waals surface area contributed by atoms with Crippen LogP contribution in [0.5, 0.6) is 0 Å². The highest BCUT2D eigenvalue weighted by Crippen LogP contribution is 2.43. The molecule has 25 heavy (non-hydrogen) atoms. The summed E-state index contributed by atoms with van der Waals surface area (Å²) in [6.45, 7) is 3.79. The van der Waals surface area contributed by atoms with E-state index >= 15 is 4.39 Å². The summed E-state index contributed by atoms with van der Waals surface area (Å²) in [4.78, 5) is 17.3. The molecule has 0 saturated heterocycles. The van der Waals surface area contributed by atoms with Gasteiger partial charge < -0.3 is 0 Å². The number of carbonyl (C=O) groups is 1. The Morgan fingerprint density at radius 2 is 1.56 bits per heavy atom. The number of rotatable bonds is 6. The van der Waals surface area contributed by atoms with Gasteiger partial charge in [-0.05, 0) is 17.7 Å². The van der Waals surface area contributed by atoms with Gasteiger partial charge in [-0.3, -0.25) is 9.78 Å². The summed E-state index contributed by atoms with van der Waals surface area (Å²) in [6, 6.07) is 22.5. The summed E-state index contributed by atoms with van der Waals surface area (Å²) in [5, 5.41) is 0. The van der Waals surface area contributed by atoms with Crippen molar-refractivity contribution in [3.05, 3.63) is 115 Å². The normalized spacial score (nSPS) is 14.3. The third kappa shape index (κ3) is 3.13. The van der Waals surface area contributed by atoms with Crippen molar-refractivity contribution >= 4 is 5.78 Å². The Morgan fingerprint density at radius 1 is 0.960 bits per heavy atom. The van der Waals surface area contributed by atoms with Crippen molar-refractivity contribution in [3.63, 3.8) is 0 Å². The number of ketones is 1. The minimum Gasteiger partial charge on any atom is -0.290 e. The Morgan fingerprint density at radius 3 is 2.12 bits per heavy atom. The molecule has 3 rings (SSSR count). The smallest absolute Gasteiger partial charge is 0.225 e. The number of hydrogen-bond acceptors (Lipinski definition) is 2. The Labute approximate surface area is 146 Å². The molecule has 0 saturated carbocycles. The average Bonchev–Trinajstić information content (AvgIpc) is 2.70. The van der Waals surface area contributed by atoms with Gasteiger partial charge in [0.25, 0.3) is 0 Å². The first-order chi connectivity index (χ1) is 12.2. The van der Waals surface area contributed by atoms with Crippen molar-refractivity contribution in [3.8, 4) is 0 Å².